The largest absolute Gasteiger partial charge is 0.368 e. The van der Waals surface area contributed by atoms with E-state index >= 15 is 0 Å². The first-order valence-corrected chi connectivity index (χ1v) is 14.4. The summed E-state index contributed by atoms with van der Waals surface area (Å²) in [6.07, 6.45) is 14.0. The van der Waals surface area contributed by atoms with Gasteiger partial charge < -0.3 is 14.6 Å². The van der Waals surface area contributed by atoms with Crippen molar-refractivity contribution in [1.82, 2.24) is 19.7 Å². The molecule has 0 radical (unpaired) electrons. The Morgan fingerprint density at radius 2 is 1.87 bits per heavy atom. The quantitative estimate of drug-likeness (QED) is 0.279. The van der Waals surface area contributed by atoms with Crippen LogP contribution in [0.2, 0.25) is 0 Å². The van der Waals surface area contributed by atoms with Crippen molar-refractivity contribution < 1.29 is 9.18 Å². The Hall–Kier alpha value is -2.80. The molecule has 0 amide bonds. The number of ketones is 1. The Labute approximate surface area is 227 Å². The molecule has 4 heterocycles. The molecule has 3 aromatic rings. The molecule has 0 unspecified atom stereocenters. The van der Waals surface area contributed by atoms with E-state index in [-0.39, 0.29) is 11.4 Å². The van der Waals surface area contributed by atoms with Crippen LogP contribution in [-0.4, -0.2) is 45.3 Å². The van der Waals surface area contributed by atoms with E-state index in [2.05, 4.69) is 42.0 Å². The second kappa shape index (κ2) is 12.8. The van der Waals surface area contributed by atoms with Crippen molar-refractivity contribution in [3.63, 3.8) is 0 Å². The molecule has 1 saturated heterocycles. The molecule has 7 heteroatoms. The molecular weight excluding hydrogens is 477 g/mol. The minimum atomic E-state index is -0.213. The second-order valence-electron chi connectivity index (χ2n) is 11.5. The molecule has 206 valence electrons. The van der Waals surface area contributed by atoms with E-state index in [4.69, 9.17) is 4.98 Å². The molecule has 0 atom stereocenters. The Kier molecular flexibility index (Phi) is 9.53. The van der Waals surface area contributed by atoms with Gasteiger partial charge in [0.1, 0.15) is 17.2 Å². The van der Waals surface area contributed by atoms with Crippen LogP contribution in [0.4, 0.5) is 10.1 Å². The van der Waals surface area contributed by atoms with Crippen molar-refractivity contribution in [2.24, 2.45) is 0 Å². The summed E-state index contributed by atoms with van der Waals surface area (Å²) in [6, 6.07) is 3.67. The van der Waals surface area contributed by atoms with Gasteiger partial charge in [-0.15, -0.1) is 0 Å². The lowest BCUT2D eigenvalue weighted by atomic mass is 9.97. The van der Waals surface area contributed by atoms with Crippen LogP contribution in [0.25, 0.3) is 5.65 Å². The smallest absolute Gasteiger partial charge is 0.139 e. The van der Waals surface area contributed by atoms with Gasteiger partial charge in [0.15, 0.2) is 0 Å². The number of fused-ring (bicyclic) bond motifs is 1. The van der Waals surface area contributed by atoms with E-state index in [1.807, 2.05) is 29.9 Å². The number of unbranched alkanes of at least 4 members (excludes halogenated alkanes) is 2. The van der Waals surface area contributed by atoms with Gasteiger partial charge in [-0.1, -0.05) is 13.3 Å². The number of aryl methyl sites for hydroxylation is 3. The average molecular weight is 522 g/mol. The molecule has 6 nitrogen and oxygen atoms in total. The molecule has 1 aliphatic heterocycles. The van der Waals surface area contributed by atoms with Gasteiger partial charge in [0, 0.05) is 79.6 Å². The number of Topliss-reactive ketones (excluding diaryl/α,β-unsaturated/α-hetero) is 1. The van der Waals surface area contributed by atoms with Crippen LogP contribution in [-0.2, 0) is 24.1 Å². The standard InChI is InChI=1S/C31H44FN5O/c1-5-10-26-28(33-16-15-29(26)36-18-17-34-31(3,4)22-36)14-9-8-13-25(38)12-7-6-11-24-21-37-20-23(2)35-30(37)19-27(24)32/h15-16,19-21,34H,5-14,17-18,22H2,1-4H3. The van der Waals surface area contributed by atoms with Crippen molar-refractivity contribution in [2.75, 3.05) is 24.5 Å². The molecule has 0 aliphatic carbocycles. The summed E-state index contributed by atoms with van der Waals surface area (Å²) in [7, 11) is 0. The summed E-state index contributed by atoms with van der Waals surface area (Å²) in [6.45, 7) is 11.7. The van der Waals surface area contributed by atoms with Gasteiger partial charge in [-0.2, -0.15) is 0 Å². The fourth-order valence-electron chi connectivity index (χ4n) is 5.65. The summed E-state index contributed by atoms with van der Waals surface area (Å²) in [5.41, 5.74) is 6.21. The van der Waals surface area contributed by atoms with Crippen LogP contribution < -0.4 is 10.2 Å². The maximum atomic E-state index is 14.4. The van der Waals surface area contributed by atoms with Gasteiger partial charge >= 0.3 is 0 Å². The first-order chi connectivity index (χ1) is 18.3. The number of carbonyl (C=O) groups is 1. The third-order valence-corrected chi connectivity index (χ3v) is 7.54. The van der Waals surface area contributed by atoms with Crippen molar-refractivity contribution in [2.45, 2.75) is 97.4 Å². The highest BCUT2D eigenvalue weighted by molar-refractivity contribution is 5.78. The Bertz CT molecular complexity index is 1230. The molecule has 0 spiro atoms. The van der Waals surface area contributed by atoms with Crippen LogP contribution in [0.5, 0.6) is 0 Å². The molecule has 1 aliphatic rings. The zero-order valence-electron chi connectivity index (χ0n) is 23.7. The number of nitrogens with one attached hydrogen (secondary N) is 1. The Morgan fingerprint density at radius 1 is 1.11 bits per heavy atom. The molecule has 1 N–H and O–H groups in total. The van der Waals surface area contributed by atoms with Gasteiger partial charge in [0.05, 0.1) is 5.69 Å². The highest BCUT2D eigenvalue weighted by Crippen LogP contribution is 2.28. The summed E-state index contributed by atoms with van der Waals surface area (Å²) < 4.78 is 16.2. The van der Waals surface area contributed by atoms with Gasteiger partial charge in [-0.25, -0.2) is 9.37 Å². The lowest BCUT2D eigenvalue weighted by Gasteiger charge is -2.41. The second-order valence-corrected chi connectivity index (χ2v) is 11.5. The molecule has 1 fully saturated rings. The van der Waals surface area contributed by atoms with Gasteiger partial charge in [0.25, 0.3) is 0 Å². The number of anilines is 1. The number of hydrogen-bond donors (Lipinski definition) is 1. The number of carbonyl (C=O) groups excluding carboxylic acids is 1. The number of piperazine rings is 1. The number of pyridine rings is 2. The van der Waals surface area contributed by atoms with Crippen LogP contribution in [0.1, 0.15) is 88.2 Å². The van der Waals surface area contributed by atoms with Gasteiger partial charge in [-0.05, 0) is 77.3 Å². The number of imidazole rings is 1. The normalized spacial score (nSPS) is 15.3. The summed E-state index contributed by atoms with van der Waals surface area (Å²) >= 11 is 0. The molecule has 0 aromatic carbocycles. The van der Waals surface area contributed by atoms with Crippen molar-refractivity contribution >= 4 is 17.1 Å². The van der Waals surface area contributed by atoms with Gasteiger partial charge in [0.2, 0.25) is 0 Å². The number of aromatic nitrogens is 3. The number of nitrogens with zero attached hydrogens (tertiary/aromatic N) is 4. The number of halogens is 1. The molecule has 0 bridgehead atoms. The molecule has 4 rings (SSSR count). The predicted molar refractivity (Wildman–Crippen MR) is 153 cm³/mol. The zero-order chi connectivity index (χ0) is 27.1. The van der Waals surface area contributed by atoms with E-state index in [1.54, 1.807) is 0 Å². The topological polar surface area (TPSA) is 62.5 Å². The van der Waals surface area contributed by atoms with E-state index < -0.39 is 0 Å². The fourth-order valence-corrected chi connectivity index (χ4v) is 5.65. The van der Waals surface area contributed by atoms with E-state index in [9.17, 15) is 9.18 Å². The molecular formula is C31H44FN5O. The van der Waals surface area contributed by atoms with Crippen molar-refractivity contribution in [3.8, 4) is 0 Å². The highest BCUT2D eigenvalue weighted by atomic mass is 19.1. The van der Waals surface area contributed by atoms with Crippen LogP contribution >= 0.6 is 0 Å². The lowest BCUT2D eigenvalue weighted by Crippen LogP contribution is -2.57. The fraction of sp³-hybridized carbons (Fsp3) is 0.581. The molecule has 0 saturated carbocycles. The minimum Gasteiger partial charge on any atom is -0.368 e. The maximum Gasteiger partial charge on any atom is 0.139 e. The molecule has 38 heavy (non-hydrogen) atoms. The zero-order valence-corrected chi connectivity index (χ0v) is 23.7. The summed E-state index contributed by atoms with van der Waals surface area (Å²) in [5.74, 6) is 0.0971. The van der Waals surface area contributed by atoms with E-state index in [0.29, 0.717) is 36.3 Å². The monoisotopic (exact) mass is 521 g/mol. The number of hydrogen-bond acceptors (Lipinski definition) is 5. The van der Waals surface area contributed by atoms with E-state index in [0.717, 1.165) is 70.3 Å². The molecule has 3 aromatic heterocycles. The van der Waals surface area contributed by atoms with Crippen molar-refractivity contribution in [1.29, 1.82) is 0 Å². The maximum absolute atomic E-state index is 14.4. The third-order valence-electron chi connectivity index (χ3n) is 7.54. The Morgan fingerprint density at radius 3 is 2.61 bits per heavy atom. The first-order valence-electron chi connectivity index (χ1n) is 14.4. The lowest BCUT2D eigenvalue weighted by molar-refractivity contribution is -0.119. The average Bonchev–Trinajstić information content (AvgIpc) is 3.23. The van der Waals surface area contributed by atoms with E-state index in [1.165, 1.54) is 23.0 Å². The summed E-state index contributed by atoms with van der Waals surface area (Å²) in [4.78, 5) is 24.1. The van der Waals surface area contributed by atoms with Crippen molar-refractivity contribution in [3.05, 3.63) is 59.1 Å². The summed E-state index contributed by atoms with van der Waals surface area (Å²) in [5, 5.41) is 3.60. The predicted octanol–water partition coefficient (Wildman–Crippen LogP) is 6.01. The van der Waals surface area contributed by atoms with Gasteiger partial charge in [-0.3, -0.25) is 9.78 Å². The minimum absolute atomic E-state index is 0.104. The third kappa shape index (κ3) is 7.40. The van der Waals surface area contributed by atoms with Crippen LogP contribution in [0.15, 0.2) is 30.7 Å². The van der Waals surface area contributed by atoms with Crippen LogP contribution in [0.3, 0.4) is 0 Å². The first kappa shape index (κ1) is 28.2. The highest BCUT2D eigenvalue weighted by Gasteiger charge is 2.27. The van der Waals surface area contributed by atoms with Crippen LogP contribution in [0, 0.1) is 12.7 Å². The SMILES string of the molecule is CCCc1c(N2CCNC(C)(C)C2)ccnc1CCCCC(=O)CCCCc1cn2cc(C)nc2cc1F. The number of rotatable bonds is 13. The Balaban J connectivity index is 1.21.